The Kier molecular flexibility index (Phi) is 4.57. The Balaban J connectivity index is 1.35. The van der Waals surface area contributed by atoms with E-state index in [2.05, 4.69) is 10.6 Å². The van der Waals surface area contributed by atoms with Crippen molar-refractivity contribution in [3.8, 4) is 5.75 Å². The zero-order chi connectivity index (χ0) is 21.2. The molecule has 2 atom stereocenters. The molecule has 4 aliphatic carbocycles. The van der Waals surface area contributed by atoms with Crippen molar-refractivity contribution in [1.29, 1.82) is 0 Å². The second kappa shape index (κ2) is 7.22. The molecule has 0 radical (unpaired) electrons. The summed E-state index contributed by atoms with van der Waals surface area (Å²) in [7, 11) is 0. The first kappa shape index (κ1) is 19.6. The zero-order valence-electron chi connectivity index (χ0n) is 17.9. The van der Waals surface area contributed by atoms with Crippen molar-refractivity contribution in [1.82, 2.24) is 10.6 Å². The minimum absolute atomic E-state index is 0.110. The van der Waals surface area contributed by atoms with Crippen LogP contribution in [0.4, 0.5) is 0 Å². The SMILES string of the molecule is O=C(NC1C2CC3CC(C2)CC1C3)C1[C@@H](C(=O)O)c2ccccc2OC12CCNCC2. The summed E-state index contributed by atoms with van der Waals surface area (Å²) in [4.78, 5) is 26.5. The number of carbonyl (C=O) groups is 2. The number of fused-ring (bicyclic) bond motifs is 1. The monoisotopic (exact) mass is 424 g/mol. The number of amides is 1. The van der Waals surface area contributed by atoms with E-state index in [9.17, 15) is 14.7 Å². The Labute approximate surface area is 183 Å². The van der Waals surface area contributed by atoms with Gasteiger partial charge in [-0.3, -0.25) is 9.59 Å². The highest BCUT2D eigenvalue weighted by Gasteiger charge is 2.57. The van der Waals surface area contributed by atoms with Gasteiger partial charge in [-0.15, -0.1) is 0 Å². The van der Waals surface area contributed by atoms with Crippen LogP contribution in [0.15, 0.2) is 24.3 Å². The van der Waals surface area contributed by atoms with Crippen LogP contribution in [-0.4, -0.2) is 41.7 Å². The largest absolute Gasteiger partial charge is 0.486 e. The lowest BCUT2D eigenvalue weighted by Crippen LogP contribution is -2.63. The Morgan fingerprint density at radius 1 is 1.00 bits per heavy atom. The molecule has 1 aromatic rings. The number of nitrogens with one attached hydrogen (secondary N) is 2. The molecule has 4 saturated carbocycles. The van der Waals surface area contributed by atoms with E-state index in [-0.39, 0.29) is 11.9 Å². The smallest absolute Gasteiger partial charge is 0.312 e. The second-order valence-electron chi connectivity index (χ2n) is 10.7. The normalized spacial score (nSPS) is 39.5. The van der Waals surface area contributed by atoms with Crippen LogP contribution >= 0.6 is 0 Å². The molecule has 2 aliphatic heterocycles. The molecule has 31 heavy (non-hydrogen) atoms. The molecule has 2 heterocycles. The summed E-state index contributed by atoms with van der Waals surface area (Å²) in [6.07, 6.45) is 7.55. The third-order valence-electron chi connectivity index (χ3n) is 9.00. The first-order valence-corrected chi connectivity index (χ1v) is 12.1. The predicted octanol–water partition coefficient (Wildman–Crippen LogP) is 2.93. The van der Waals surface area contributed by atoms with Gasteiger partial charge in [-0.2, -0.15) is 0 Å². The van der Waals surface area contributed by atoms with Gasteiger partial charge in [0.25, 0.3) is 0 Å². The first-order valence-electron chi connectivity index (χ1n) is 12.1. The molecule has 1 amide bonds. The quantitative estimate of drug-likeness (QED) is 0.695. The molecule has 166 valence electrons. The van der Waals surface area contributed by atoms with Crippen LogP contribution in [0.5, 0.6) is 5.75 Å². The van der Waals surface area contributed by atoms with Crippen LogP contribution in [0.25, 0.3) is 0 Å². The fraction of sp³-hybridized carbons (Fsp3) is 0.680. The minimum Gasteiger partial charge on any atom is -0.486 e. The second-order valence-corrected chi connectivity index (χ2v) is 10.7. The lowest BCUT2D eigenvalue weighted by molar-refractivity contribution is -0.155. The highest BCUT2D eigenvalue weighted by atomic mass is 16.5. The molecule has 6 heteroatoms. The number of carboxylic acid groups (broad SMARTS) is 1. The van der Waals surface area contributed by atoms with Gasteiger partial charge in [0, 0.05) is 24.4 Å². The number of aliphatic carboxylic acids is 1. The van der Waals surface area contributed by atoms with Gasteiger partial charge in [0.2, 0.25) is 5.91 Å². The Morgan fingerprint density at radius 2 is 1.65 bits per heavy atom. The summed E-state index contributed by atoms with van der Waals surface area (Å²) in [6, 6.07) is 7.57. The van der Waals surface area contributed by atoms with Gasteiger partial charge < -0.3 is 20.5 Å². The molecule has 3 N–H and O–H groups in total. The number of ether oxygens (including phenoxy) is 1. The number of piperidine rings is 1. The van der Waals surface area contributed by atoms with Crippen LogP contribution in [0.1, 0.15) is 56.4 Å². The maximum Gasteiger partial charge on any atom is 0.312 e. The van der Waals surface area contributed by atoms with Gasteiger partial charge in [-0.05, 0) is 74.9 Å². The topological polar surface area (TPSA) is 87.7 Å². The summed E-state index contributed by atoms with van der Waals surface area (Å²) in [5, 5.41) is 17.0. The van der Waals surface area contributed by atoms with Crippen molar-refractivity contribution in [3.63, 3.8) is 0 Å². The average molecular weight is 425 g/mol. The third kappa shape index (κ3) is 3.09. The molecule has 4 bridgehead atoms. The van der Waals surface area contributed by atoms with E-state index < -0.39 is 23.4 Å². The van der Waals surface area contributed by atoms with Crippen LogP contribution in [0, 0.1) is 29.6 Å². The van der Waals surface area contributed by atoms with Crippen LogP contribution < -0.4 is 15.4 Å². The number of carbonyl (C=O) groups excluding carboxylic acids is 1. The summed E-state index contributed by atoms with van der Waals surface area (Å²) < 4.78 is 6.52. The Morgan fingerprint density at radius 3 is 2.29 bits per heavy atom. The predicted molar refractivity (Wildman–Crippen MR) is 115 cm³/mol. The van der Waals surface area contributed by atoms with Crippen molar-refractivity contribution < 1.29 is 19.4 Å². The third-order valence-corrected chi connectivity index (χ3v) is 9.00. The van der Waals surface area contributed by atoms with Gasteiger partial charge in [0.1, 0.15) is 17.3 Å². The van der Waals surface area contributed by atoms with Crippen molar-refractivity contribution in [3.05, 3.63) is 29.8 Å². The van der Waals surface area contributed by atoms with Gasteiger partial charge in [-0.25, -0.2) is 0 Å². The fourth-order valence-electron chi connectivity index (χ4n) is 7.94. The molecule has 1 saturated heterocycles. The van der Waals surface area contributed by atoms with E-state index in [0.29, 0.717) is 36.0 Å². The van der Waals surface area contributed by atoms with E-state index in [1.165, 1.54) is 32.1 Å². The van der Waals surface area contributed by atoms with Crippen molar-refractivity contribution in [2.24, 2.45) is 29.6 Å². The summed E-state index contributed by atoms with van der Waals surface area (Å²) >= 11 is 0. The molecule has 6 nitrogen and oxygen atoms in total. The number of hydrogen-bond donors (Lipinski definition) is 3. The molecule has 1 spiro atoms. The fourth-order valence-corrected chi connectivity index (χ4v) is 7.94. The molecule has 1 aromatic carbocycles. The number of carboxylic acids is 1. The van der Waals surface area contributed by atoms with E-state index in [4.69, 9.17) is 4.74 Å². The number of para-hydroxylation sites is 1. The number of rotatable bonds is 3. The zero-order valence-corrected chi connectivity index (χ0v) is 17.9. The highest BCUT2D eigenvalue weighted by molar-refractivity contribution is 5.90. The Bertz CT molecular complexity index is 865. The van der Waals surface area contributed by atoms with Gasteiger partial charge in [-0.1, -0.05) is 18.2 Å². The molecule has 5 fully saturated rings. The Hall–Kier alpha value is -2.08. The lowest BCUT2D eigenvalue weighted by atomic mass is 9.54. The van der Waals surface area contributed by atoms with Crippen LogP contribution in [0.2, 0.25) is 0 Å². The minimum atomic E-state index is -0.932. The van der Waals surface area contributed by atoms with Gasteiger partial charge >= 0.3 is 5.97 Å². The highest BCUT2D eigenvalue weighted by Crippen LogP contribution is 2.54. The molecular formula is C25H32N2O4. The summed E-state index contributed by atoms with van der Waals surface area (Å²) in [6.45, 7) is 1.46. The standard InChI is InChI=1S/C25H32N2O4/c28-23(27-22-16-10-14-9-15(12-16)13-17(22)11-14)21-20(24(29)30)18-3-1-2-4-19(18)31-25(21)5-7-26-8-6-25/h1-4,14-17,20-22,26H,5-13H2,(H,27,28)(H,29,30)/t14?,15?,16?,17?,20-,21?,22?/m0/s1. The average Bonchev–Trinajstić information content (AvgIpc) is 2.75. The van der Waals surface area contributed by atoms with E-state index >= 15 is 0 Å². The van der Waals surface area contributed by atoms with Crippen LogP contribution in [-0.2, 0) is 9.59 Å². The molecular weight excluding hydrogens is 392 g/mol. The van der Waals surface area contributed by atoms with Gasteiger partial charge in [0.15, 0.2) is 0 Å². The molecule has 0 aromatic heterocycles. The number of hydrogen-bond acceptors (Lipinski definition) is 4. The summed E-state index contributed by atoms with van der Waals surface area (Å²) in [5.74, 6) is 0.786. The first-order chi connectivity index (χ1) is 15.0. The van der Waals surface area contributed by atoms with E-state index in [1.54, 1.807) is 0 Å². The maximum absolute atomic E-state index is 13.9. The van der Waals surface area contributed by atoms with Crippen molar-refractivity contribution in [2.45, 2.75) is 62.5 Å². The molecule has 6 aliphatic rings. The van der Waals surface area contributed by atoms with Gasteiger partial charge in [0.05, 0.1) is 5.92 Å². The van der Waals surface area contributed by atoms with Crippen molar-refractivity contribution >= 4 is 11.9 Å². The van der Waals surface area contributed by atoms with Crippen LogP contribution in [0.3, 0.4) is 0 Å². The van der Waals surface area contributed by atoms with E-state index in [1.807, 2.05) is 24.3 Å². The maximum atomic E-state index is 13.9. The molecule has 7 rings (SSSR count). The summed E-state index contributed by atoms with van der Waals surface area (Å²) in [5.41, 5.74) is -0.136. The molecule has 1 unspecified atom stereocenters. The number of benzene rings is 1. The van der Waals surface area contributed by atoms with Crippen molar-refractivity contribution in [2.75, 3.05) is 13.1 Å². The van der Waals surface area contributed by atoms with E-state index in [0.717, 1.165) is 24.9 Å². The lowest BCUT2D eigenvalue weighted by Gasteiger charge is -2.55.